The van der Waals surface area contributed by atoms with E-state index >= 15 is 0 Å². The van der Waals surface area contributed by atoms with Crippen LogP contribution in [-0.2, 0) is 19.1 Å². The van der Waals surface area contributed by atoms with E-state index in [4.69, 9.17) is 4.74 Å². The molecule has 1 aliphatic heterocycles. The summed E-state index contributed by atoms with van der Waals surface area (Å²) >= 11 is 0. The summed E-state index contributed by atoms with van der Waals surface area (Å²) in [5.74, 6) is -1.64. The maximum Gasteiger partial charge on any atom is 0.305 e. The van der Waals surface area contributed by atoms with Gasteiger partial charge in [-0.3, -0.25) is 9.59 Å². The minimum Gasteiger partial charge on any atom is -0.469 e. The summed E-state index contributed by atoms with van der Waals surface area (Å²) in [7, 11) is 1.35. The Morgan fingerprint density at radius 1 is 1.61 bits per heavy atom. The molecule has 2 atom stereocenters. The summed E-state index contributed by atoms with van der Waals surface area (Å²) in [5.41, 5.74) is 0.578. The highest BCUT2D eigenvalue weighted by molar-refractivity contribution is 5.93. The van der Waals surface area contributed by atoms with Crippen LogP contribution in [0.4, 0.5) is 0 Å². The predicted molar refractivity (Wildman–Crippen MR) is 64.7 cm³/mol. The normalized spacial score (nSPS) is 27.6. The molecule has 0 unspecified atom stereocenters. The number of ether oxygens (including phenoxy) is 2. The van der Waals surface area contributed by atoms with E-state index in [-0.39, 0.29) is 24.3 Å². The second-order valence-electron chi connectivity index (χ2n) is 4.72. The summed E-state index contributed by atoms with van der Waals surface area (Å²) in [6.45, 7) is 3.01. The Bertz CT molecular complexity index is 356. The molecule has 18 heavy (non-hydrogen) atoms. The van der Waals surface area contributed by atoms with Gasteiger partial charge >= 0.3 is 5.97 Å². The van der Waals surface area contributed by atoms with Crippen molar-refractivity contribution in [3.8, 4) is 0 Å². The lowest BCUT2D eigenvalue weighted by Crippen LogP contribution is -2.38. The fourth-order valence-corrected chi connectivity index (χ4v) is 1.97. The maximum atomic E-state index is 11.4. The fraction of sp³-hybridized carbons (Fsp3) is 0.692. The Hall–Kier alpha value is -1.20. The highest BCUT2D eigenvalue weighted by Crippen LogP contribution is 2.28. The van der Waals surface area contributed by atoms with Crippen LogP contribution < -0.4 is 0 Å². The number of rotatable bonds is 5. The molecule has 0 aromatic heterocycles. The lowest BCUT2D eigenvalue weighted by Gasteiger charge is -2.33. The molecule has 0 aromatic rings. The second-order valence-corrected chi connectivity index (χ2v) is 4.72. The van der Waals surface area contributed by atoms with Crippen LogP contribution in [0.3, 0.4) is 0 Å². The Balaban J connectivity index is 2.56. The van der Waals surface area contributed by atoms with Gasteiger partial charge in [-0.25, -0.2) is 0 Å². The molecule has 5 nitrogen and oxygen atoms in total. The van der Waals surface area contributed by atoms with Gasteiger partial charge in [-0.15, -0.1) is 0 Å². The van der Waals surface area contributed by atoms with Gasteiger partial charge < -0.3 is 14.6 Å². The van der Waals surface area contributed by atoms with Crippen LogP contribution in [0, 0.1) is 0 Å². The van der Waals surface area contributed by atoms with Crippen LogP contribution in [0.1, 0.15) is 39.5 Å². The molecule has 1 N–H and O–H groups in total. The van der Waals surface area contributed by atoms with E-state index in [0.717, 1.165) is 0 Å². The van der Waals surface area contributed by atoms with Gasteiger partial charge in [0.2, 0.25) is 0 Å². The zero-order valence-electron chi connectivity index (χ0n) is 11.1. The summed E-state index contributed by atoms with van der Waals surface area (Å²) < 4.78 is 9.99. The third kappa shape index (κ3) is 4.58. The molecule has 1 heterocycles. The Kier molecular flexibility index (Phi) is 5.04. The Morgan fingerprint density at radius 3 is 2.83 bits per heavy atom. The van der Waals surface area contributed by atoms with Crippen molar-refractivity contribution in [3.05, 3.63) is 11.6 Å². The SMILES string of the molecule is COC(=O)CCC[C@@H]1C=C(C(C)=O)C[C@@](C)(O)O1. The van der Waals surface area contributed by atoms with Crippen molar-refractivity contribution < 1.29 is 24.2 Å². The highest BCUT2D eigenvalue weighted by Gasteiger charge is 2.32. The third-order valence-corrected chi connectivity index (χ3v) is 2.86. The van der Waals surface area contributed by atoms with Gasteiger partial charge in [0.15, 0.2) is 11.6 Å². The van der Waals surface area contributed by atoms with Crippen molar-refractivity contribution in [1.29, 1.82) is 0 Å². The Labute approximate surface area is 107 Å². The van der Waals surface area contributed by atoms with E-state index in [1.54, 1.807) is 6.08 Å². The molecule has 5 heteroatoms. The van der Waals surface area contributed by atoms with Gasteiger partial charge in [0.05, 0.1) is 13.2 Å². The molecule has 0 amide bonds. The minimum absolute atomic E-state index is 0.0588. The number of hydrogen-bond acceptors (Lipinski definition) is 5. The number of methoxy groups -OCH3 is 1. The second kappa shape index (κ2) is 6.11. The number of esters is 1. The molecule has 0 saturated carbocycles. The van der Waals surface area contributed by atoms with Crippen LogP contribution in [0.25, 0.3) is 0 Å². The number of aliphatic hydroxyl groups is 1. The molecule has 102 valence electrons. The number of carbonyl (C=O) groups is 2. The molecule has 0 saturated heterocycles. The largest absolute Gasteiger partial charge is 0.469 e. The van der Waals surface area contributed by atoms with Crippen molar-refractivity contribution in [1.82, 2.24) is 0 Å². The predicted octanol–water partition coefficient (Wildman–Crippen LogP) is 1.34. The first-order valence-electron chi connectivity index (χ1n) is 6.02. The van der Waals surface area contributed by atoms with Gasteiger partial charge in [-0.2, -0.15) is 0 Å². The van der Waals surface area contributed by atoms with Crippen LogP contribution in [0.2, 0.25) is 0 Å². The van der Waals surface area contributed by atoms with Crippen molar-refractivity contribution in [2.75, 3.05) is 7.11 Å². The van der Waals surface area contributed by atoms with E-state index < -0.39 is 5.79 Å². The first-order chi connectivity index (χ1) is 8.34. The number of hydrogen-bond donors (Lipinski definition) is 1. The molecular weight excluding hydrogens is 236 g/mol. The van der Waals surface area contributed by atoms with Crippen LogP contribution in [-0.4, -0.2) is 35.9 Å². The summed E-state index contributed by atoms with van der Waals surface area (Å²) in [6, 6.07) is 0. The molecule has 0 bridgehead atoms. The van der Waals surface area contributed by atoms with Gasteiger partial charge in [-0.05, 0) is 38.3 Å². The van der Waals surface area contributed by atoms with Crippen molar-refractivity contribution in [2.24, 2.45) is 0 Å². The van der Waals surface area contributed by atoms with Gasteiger partial charge in [0, 0.05) is 12.8 Å². The summed E-state index contributed by atoms with van der Waals surface area (Å²) in [5, 5.41) is 9.91. The summed E-state index contributed by atoms with van der Waals surface area (Å²) in [6.07, 6.45) is 3.07. The van der Waals surface area contributed by atoms with E-state index in [2.05, 4.69) is 4.74 Å². The monoisotopic (exact) mass is 256 g/mol. The zero-order valence-corrected chi connectivity index (χ0v) is 11.1. The molecule has 0 fully saturated rings. The Morgan fingerprint density at radius 2 is 2.28 bits per heavy atom. The molecule has 0 aliphatic carbocycles. The highest BCUT2D eigenvalue weighted by atomic mass is 16.6. The number of Topliss-reactive ketones (excluding diaryl/α,β-unsaturated/α-hetero) is 1. The van der Waals surface area contributed by atoms with Crippen LogP contribution >= 0.6 is 0 Å². The first kappa shape index (κ1) is 14.9. The average molecular weight is 256 g/mol. The van der Waals surface area contributed by atoms with Gasteiger partial charge in [0.25, 0.3) is 0 Å². The molecule has 0 spiro atoms. The lowest BCUT2D eigenvalue weighted by molar-refractivity contribution is -0.214. The zero-order chi connectivity index (χ0) is 13.8. The topological polar surface area (TPSA) is 72.8 Å². The van der Waals surface area contributed by atoms with Gasteiger partial charge in [0.1, 0.15) is 0 Å². The van der Waals surface area contributed by atoms with E-state index in [9.17, 15) is 14.7 Å². The van der Waals surface area contributed by atoms with Crippen molar-refractivity contribution in [2.45, 2.75) is 51.4 Å². The molecule has 1 rings (SSSR count). The fourth-order valence-electron chi connectivity index (χ4n) is 1.97. The molecule has 1 aliphatic rings. The number of carbonyl (C=O) groups excluding carboxylic acids is 2. The van der Waals surface area contributed by atoms with E-state index in [1.165, 1.54) is 21.0 Å². The molecule has 0 aromatic carbocycles. The first-order valence-corrected chi connectivity index (χ1v) is 6.02. The van der Waals surface area contributed by atoms with E-state index in [0.29, 0.717) is 24.8 Å². The summed E-state index contributed by atoms with van der Waals surface area (Å²) in [4.78, 5) is 22.3. The van der Waals surface area contributed by atoms with Crippen LogP contribution in [0.15, 0.2) is 11.6 Å². The third-order valence-electron chi connectivity index (χ3n) is 2.86. The van der Waals surface area contributed by atoms with Crippen molar-refractivity contribution >= 4 is 11.8 Å². The smallest absolute Gasteiger partial charge is 0.305 e. The standard InChI is InChI=1S/C13H20O5/c1-9(14)10-7-11(18-13(2,16)8-10)5-4-6-12(15)17-3/h7,11,16H,4-6,8H2,1-3H3/t11-,13+/m1/s1. The molecular formula is C13H20O5. The van der Waals surface area contributed by atoms with E-state index in [1.807, 2.05) is 0 Å². The lowest BCUT2D eigenvalue weighted by atomic mass is 9.96. The quantitative estimate of drug-likeness (QED) is 0.751. The average Bonchev–Trinajstić information content (AvgIpc) is 2.26. The minimum atomic E-state index is -1.31. The van der Waals surface area contributed by atoms with Crippen molar-refractivity contribution in [3.63, 3.8) is 0 Å². The molecule has 0 radical (unpaired) electrons. The van der Waals surface area contributed by atoms with Gasteiger partial charge in [-0.1, -0.05) is 0 Å². The maximum absolute atomic E-state index is 11.4. The number of ketones is 1. The van der Waals surface area contributed by atoms with Crippen LogP contribution in [0.5, 0.6) is 0 Å².